The number of benzene rings is 2. The molecule has 0 fully saturated rings. The van der Waals surface area contributed by atoms with Crippen molar-refractivity contribution in [2.45, 2.75) is 20.0 Å². The highest BCUT2D eigenvalue weighted by atomic mass is 35.5. The molecule has 0 saturated carbocycles. The van der Waals surface area contributed by atoms with Gasteiger partial charge >= 0.3 is 6.03 Å². The van der Waals surface area contributed by atoms with E-state index in [1.807, 2.05) is 0 Å². The maximum Gasteiger partial charge on any atom is 0.322 e. The van der Waals surface area contributed by atoms with Crippen LogP contribution >= 0.6 is 11.6 Å². The average molecular weight is 453 g/mol. The number of anilines is 1. The number of aryl methyl sites for hydroxylation is 1. The molecule has 0 spiro atoms. The monoisotopic (exact) mass is 452 g/mol. The third kappa shape index (κ3) is 4.00. The molecule has 32 heavy (non-hydrogen) atoms. The lowest BCUT2D eigenvalue weighted by atomic mass is 10.0. The first-order valence-corrected chi connectivity index (χ1v) is 10.0. The number of nitrogens with two attached hydrogens (primary N) is 1. The van der Waals surface area contributed by atoms with Crippen molar-refractivity contribution in [3.8, 4) is 11.3 Å². The Labute approximate surface area is 188 Å². The molecule has 8 nitrogen and oxygen atoms in total. The van der Waals surface area contributed by atoms with Crippen molar-refractivity contribution in [2.24, 2.45) is 5.73 Å². The number of carbonyl (C=O) groups is 2. The second-order valence-electron chi connectivity index (χ2n) is 7.38. The summed E-state index contributed by atoms with van der Waals surface area (Å²) in [5.41, 5.74) is 8.60. The second-order valence-corrected chi connectivity index (χ2v) is 7.82. The molecular weight excluding hydrogens is 435 g/mol. The zero-order valence-electron chi connectivity index (χ0n) is 17.0. The van der Waals surface area contributed by atoms with E-state index in [2.05, 4.69) is 15.3 Å². The molecule has 2 aromatic carbocycles. The molecule has 4 rings (SSSR count). The summed E-state index contributed by atoms with van der Waals surface area (Å²) in [5.74, 6) is -1.29. The first-order valence-electron chi connectivity index (χ1n) is 9.67. The van der Waals surface area contributed by atoms with Gasteiger partial charge in [-0.1, -0.05) is 17.7 Å². The van der Waals surface area contributed by atoms with Gasteiger partial charge in [-0.05, 0) is 42.8 Å². The number of hydrogen-bond donors (Lipinski definition) is 2. The lowest BCUT2D eigenvalue weighted by molar-refractivity contribution is 0.0997. The molecule has 3 aromatic rings. The number of rotatable bonds is 3. The van der Waals surface area contributed by atoms with Crippen LogP contribution in [-0.4, -0.2) is 33.2 Å². The van der Waals surface area contributed by atoms with Crippen LogP contribution in [0.1, 0.15) is 21.6 Å². The molecule has 1 aliphatic rings. The highest BCUT2D eigenvalue weighted by Gasteiger charge is 2.30. The van der Waals surface area contributed by atoms with Crippen LogP contribution in [0.5, 0.6) is 0 Å². The zero-order chi connectivity index (χ0) is 23.0. The van der Waals surface area contributed by atoms with Gasteiger partial charge in [0.1, 0.15) is 11.5 Å². The Morgan fingerprint density at radius 3 is 2.69 bits per heavy atom. The van der Waals surface area contributed by atoms with Crippen molar-refractivity contribution in [1.82, 2.24) is 14.7 Å². The third-order valence-corrected chi connectivity index (χ3v) is 5.44. The molecular formula is C22H18ClFN6O2. The predicted molar refractivity (Wildman–Crippen MR) is 118 cm³/mol. The summed E-state index contributed by atoms with van der Waals surface area (Å²) in [6.45, 7) is 9.70. The van der Waals surface area contributed by atoms with E-state index in [0.29, 0.717) is 35.7 Å². The van der Waals surface area contributed by atoms with Gasteiger partial charge in [-0.25, -0.2) is 14.0 Å². The van der Waals surface area contributed by atoms with Crippen LogP contribution in [0, 0.1) is 19.3 Å². The van der Waals surface area contributed by atoms with Crippen molar-refractivity contribution in [3.05, 3.63) is 75.5 Å². The summed E-state index contributed by atoms with van der Waals surface area (Å²) in [5, 5.41) is 7.41. The highest BCUT2D eigenvalue weighted by molar-refractivity contribution is 6.30. The van der Waals surface area contributed by atoms with E-state index in [9.17, 15) is 14.0 Å². The van der Waals surface area contributed by atoms with Crippen molar-refractivity contribution in [3.63, 3.8) is 0 Å². The zero-order valence-corrected chi connectivity index (χ0v) is 17.8. The Morgan fingerprint density at radius 2 is 2.03 bits per heavy atom. The third-order valence-electron chi connectivity index (χ3n) is 5.22. The molecule has 162 valence electrons. The molecule has 10 heteroatoms. The fourth-order valence-electron chi connectivity index (χ4n) is 3.70. The van der Waals surface area contributed by atoms with E-state index >= 15 is 0 Å². The van der Waals surface area contributed by atoms with Crippen LogP contribution < -0.4 is 11.1 Å². The van der Waals surface area contributed by atoms with Crippen LogP contribution in [0.2, 0.25) is 5.02 Å². The molecule has 0 radical (unpaired) electrons. The molecule has 0 unspecified atom stereocenters. The number of primary amides is 1. The minimum atomic E-state index is -0.728. The quantitative estimate of drug-likeness (QED) is 0.578. The Morgan fingerprint density at radius 1 is 1.25 bits per heavy atom. The number of hydrogen-bond acceptors (Lipinski definition) is 3. The molecule has 0 saturated heterocycles. The number of fused-ring (bicyclic) bond motifs is 1. The normalized spacial score (nSPS) is 12.8. The van der Waals surface area contributed by atoms with E-state index < -0.39 is 11.7 Å². The fourth-order valence-corrected chi connectivity index (χ4v) is 3.93. The van der Waals surface area contributed by atoms with Crippen LogP contribution in [-0.2, 0) is 13.1 Å². The number of nitrogens with one attached hydrogen (secondary N) is 1. The first kappa shape index (κ1) is 21.3. The smallest absolute Gasteiger partial charge is 0.322 e. The van der Waals surface area contributed by atoms with Gasteiger partial charge < -0.3 is 16.0 Å². The van der Waals surface area contributed by atoms with Crippen molar-refractivity contribution < 1.29 is 14.0 Å². The molecule has 0 bridgehead atoms. The fraction of sp³-hybridized carbons (Fsp3) is 0.182. The van der Waals surface area contributed by atoms with Crippen LogP contribution in [0.3, 0.4) is 0 Å². The summed E-state index contributed by atoms with van der Waals surface area (Å²) in [4.78, 5) is 30.0. The average Bonchev–Trinajstić information content (AvgIpc) is 3.12. The molecule has 1 aliphatic heterocycles. The Balaban J connectivity index is 1.62. The molecule has 1 aromatic heterocycles. The van der Waals surface area contributed by atoms with E-state index in [1.54, 1.807) is 29.8 Å². The van der Waals surface area contributed by atoms with Crippen LogP contribution in [0.15, 0.2) is 36.4 Å². The van der Waals surface area contributed by atoms with E-state index in [-0.39, 0.29) is 28.9 Å². The minimum Gasteiger partial charge on any atom is -0.365 e. The summed E-state index contributed by atoms with van der Waals surface area (Å²) < 4.78 is 15.5. The van der Waals surface area contributed by atoms with Gasteiger partial charge in [-0.2, -0.15) is 5.10 Å². The van der Waals surface area contributed by atoms with Crippen molar-refractivity contribution in [1.29, 1.82) is 0 Å². The van der Waals surface area contributed by atoms with Crippen LogP contribution in [0.25, 0.3) is 16.1 Å². The Bertz CT molecular complexity index is 1280. The van der Waals surface area contributed by atoms with E-state index in [0.717, 1.165) is 11.6 Å². The van der Waals surface area contributed by atoms with Crippen molar-refractivity contribution >= 4 is 34.9 Å². The number of aromatic nitrogens is 2. The van der Waals surface area contributed by atoms with Gasteiger partial charge in [0.05, 0.1) is 30.9 Å². The minimum absolute atomic E-state index is 0.0965. The highest BCUT2D eigenvalue weighted by Crippen LogP contribution is 2.31. The molecule has 0 atom stereocenters. The summed E-state index contributed by atoms with van der Waals surface area (Å²) >= 11 is 5.96. The van der Waals surface area contributed by atoms with Crippen LogP contribution in [0.4, 0.5) is 20.6 Å². The lowest BCUT2D eigenvalue weighted by Crippen LogP contribution is -2.41. The van der Waals surface area contributed by atoms with Gasteiger partial charge in [0, 0.05) is 22.8 Å². The predicted octanol–water partition coefficient (Wildman–Crippen LogP) is 4.35. The van der Waals surface area contributed by atoms with E-state index in [1.165, 1.54) is 17.0 Å². The van der Waals surface area contributed by atoms with Gasteiger partial charge in [-0.3, -0.25) is 9.48 Å². The maximum atomic E-state index is 13.9. The van der Waals surface area contributed by atoms with Gasteiger partial charge in [0.2, 0.25) is 0 Å². The number of urea groups is 1. The second kappa shape index (κ2) is 8.32. The van der Waals surface area contributed by atoms with Crippen molar-refractivity contribution in [2.75, 3.05) is 11.9 Å². The number of carbonyl (C=O) groups excluding carboxylic acids is 2. The Kier molecular flexibility index (Phi) is 5.55. The largest absolute Gasteiger partial charge is 0.365 e. The lowest BCUT2D eigenvalue weighted by Gasteiger charge is -2.28. The summed E-state index contributed by atoms with van der Waals surface area (Å²) in [6.07, 6.45) is 0. The molecule has 2 heterocycles. The van der Waals surface area contributed by atoms with Gasteiger partial charge in [0.15, 0.2) is 5.69 Å². The summed E-state index contributed by atoms with van der Waals surface area (Å²) in [7, 11) is 0. The van der Waals surface area contributed by atoms with Gasteiger partial charge in [0.25, 0.3) is 5.91 Å². The molecule has 0 aliphatic carbocycles. The molecule has 3 N–H and O–H groups in total. The van der Waals surface area contributed by atoms with Gasteiger partial charge in [-0.15, -0.1) is 0 Å². The topological polar surface area (TPSA) is 97.6 Å². The standard InChI is InChI=1S/C22H18ClFN6O2/c1-12-7-16(3-4-17(12)26-2)27-22(32)29-5-6-30-18(11-29)19(21(25)31)20(28-30)13-8-14(23)10-15(24)9-13/h3-4,7-10H,5-6,11H2,1H3,(H2,25,31)(H,27,32). The maximum absolute atomic E-state index is 13.9. The number of amides is 3. The first-order chi connectivity index (χ1) is 15.3. The summed E-state index contributed by atoms with van der Waals surface area (Å²) in [6, 6.07) is 8.55. The SMILES string of the molecule is [C-]#[N+]c1ccc(NC(=O)N2CCn3nc(-c4cc(F)cc(Cl)c4)c(C(N)=O)c3C2)cc1C. The number of halogens is 2. The Hall–Kier alpha value is -3.90. The van der Waals surface area contributed by atoms with E-state index in [4.69, 9.17) is 23.9 Å². The molecule has 3 amide bonds. The number of nitrogens with zero attached hydrogens (tertiary/aromatic N) is 4.